The lowest BCUT2D eigenvalue weighted by Gasteiger charge is -2.50. The molecule has 2 aliphatic rings. The van der Waals surface area contributed by atoms with E-state index in [1.165, 1.54) is 7.11 Å². The zero-order chi connectivity index (χ0) is 18.4. The molecule has 6 nitrogen and oxygen atoms in total. The second kappa shape index (κ2) is 8.54. The van der Waals surface area contributed by atoms with Gasteiger partial charge in [0.2, 0.25) is 5.91 Å². The Morgan fingerprint density at radius 2 is 1.92 bits per heavy atom. The molecule has 1 aromatic carbocycles. The van der Waals surface area contributed by atoms with Crippen LogP contribution < -0.4 is 10.6 Å². The number of benzene rings is 1. The van der Waals surface area contributed by atoms with Gasteiger partial charge in [-0.2, -0.15) is 0 Å². The third-order valence-electron chi connectivity index (χ3n) is 5.64. The van der Waals surface area contributed by atoms with Crippen LogP contribution >= 0.6 is 0 Å². The van der Waals surface area contributed by atoms with E-state index in [0.29, 0.717) is 24.3 Å². The Kier molecular flexibility index (Phi) is 6.14. The van der Waals surface area contributed by atoms with Gasteiger partial charge in [0, 0.05) is 26.2 Å². The van der Waals surface area contributed by atoms with Gasteiger partial charge in [-0.25, -0.2) is 4.79 Å². The number of hydrogen-bond acceptors (Lipinski definition) is 4. The van der Waals surface area contributed by atoms with Crippen LogP contribution in [0.2, 0.25) is 0 Å². The molecule has 1 heterocycles. The molecule has 1 unspecified atom stereocenters. The van der Waals surface area contributed by atoms with E-state index in [1.807, 2.05) is 30.3 Å². The first-order chi connectivity index (χ1) is 12.6. The van der Waals surface area contributed by atoms with Crippen molar-refractivity contribution in [1.29, 1.82) is 0 Å². The van der Waals surface area contributed by atoms with Crippen LogP contribution in [0.4, 0.5) is 4.79 Å². The number of rotatable bonds is 6. The second-order valence-electron chi connectivity index (χ2n) is 7.51. The summed E-state index contributed by atoms with van der Waals surface area (Å²) in [5.74, 6) is 0.361. The van der Waals surface area contributed by atoms with Gasteiger partial charge in [-0.1, -0.05) is 30.3 Å². The lowest BCUT2D eigenvalue weighted by atomic mass is 9.58. The molecule has 2 fully saturated rings. The van der Waals surface area contributed by atoms with Gasteiger partial charge in [0.25, 0.3) is 0 Å². The Morgan fingerprint density at radius 3 is 2.58 bits per heavy atom. The summed E-state index contributed by atoms with van der Waals surface area (Å²) in [5, 5.41) is 5.66. The van der Waals surface area contributed by atoms with Gasteiger partial charge >= 0.3 is 6.09 Å². The van der Waals surface area contributed by atoms with Gasteiger partial charge in [0.15, 0.2) is 0 Å². The first-order valence-corrected chi connectivity index (χ1v) is 9.34. The van der Waals surface area contributed by atoms with Crippen molar-refractivity contribution in [3.63, 3.8) is 0 Å². The Labute approximate surface area is 154 Å². The van der Waals surface area contributed by atoms with Crippen LogP contribution in [0.5, 0.6) is 0 Å². The van der Waals surface area contributed by atoms with E-state index in [-0.39, 0.29) is 5.91 Å². The van der Waals surface area contributed by atoms with Gasteiger partial charge in [-0.05, 0) is 42.6 Å². The molecule has 1 aliphatic heterocycles. The van der Waals surface area contributed by atoms with Crippen molar-refractivity contribution in [3.8, 4) is 0 Å². The number of nitrogens with one attached hydrogen (secondary N) is 2. The van der Waals surface area contributed by atoms with Crippen molar-refractivity contribution in [2.75, 3.05) is 26.9 Å². The molecule has 1 atom stereocenters. The van der Waals surface area contributed by atoms with Crippen molar-refractivity contribution < 1.29 is 19.1 Å². The lowest BCUT2D eigenvalue weighted by molar-refractivity contribution is -0.124. The molecule has 1 spiro atoms. The molecule has 142 valence electrons. The monoisotopic (exact) mass is 360 g/mol. The molecular formula is C20H28N2O4. The Hall–Kier alpha value is -2.08. The summed E-state index contributed by atoms with van der Waals surface area (Å²) in [7, 11) is 1.30. The van der Waals surface area contributed by atoms with E-state index in [4.69, 9.17) is 4.74 Å². The molecule has 0 aromatic heterocycles. The predicted octanol–water partition coefficient (Wildman–Crippen LogP) is 2.28. The fraction of sp³-hybridized carbons (Fsp3) is 0.600. The molecule has 2 N–H and O–H groups in total. The third kappa shape index (κ3) is 4.75. The van der Waals surface area contributed by atoms with E-state index in [0.717, 1.165) is 44.5 Å². The maximum absolute atomic E-state index is 12.6. The molecule has 3 rings (SSSR count). The summed E-state index contributed by atoms with van der Waals surface area (Å²) in [5.41, 5.74) is 1.44. The zero-order valence-corrected chi connectivity index (χ0v) is 15.3. The molecule has 1 saturated carbocycles. The first-order valence-electron chi connectivity index (χ1n) is 9.34. The fourth-order valence-corrected chi connectivity index (χ4v) is 4.15. The second-order valence-corrected chi connectivity index (χ2v) is 7.51. The van der Waals surface area contributed by atoms with Crippen LogP contribution in [0.3, 0.4) is 0 Å². The minimum Gasteiger partial charge on any atom is -0.453 e. The largest absolute Gasteiger partial charge is 0.453 e. The molecule has 26 heavy (non-hydrogen) atoms. The van der Waals surface area contributed by atoms with E-state index in [9.17, 15) is 9.59 Å². The van der Waals surface area contributed by atoms with E-state index < -0.39 is 12.1 Å². The summed E-state index contributed by atoms with van der Waals surface area (Å²) in [4.78, 5) is 24.2. The normalized spacial score (nSPS) is 20.0. The highest BCUT2D eigenvalue weighted by atomic mass is 16.5. The standard InChI is InChI=1S/C20H28N2O4/c1-25-19(24)22-17(11-15-5-3-2-4-6-15)18(23)21-14-16-12-20(13-16)7-9-26-10-8-20/h2-6,16-17H,7-14H2,1H3,(H,21,23)(H,22,24). The summed E-state index contributed by atoms with van der Waals surface area (Å²) >= 11 is 0. The van der Waals surface area contributed by atoms with Crippen LogP contribution in [-0.4, -0.2) is 44.9 Å². The minimum atomic E-state index is -0.637. The van der Waals surface area contributed by atoms with Crippen LogP contribution in [0.1, 0.15) is 31.2 Å². The molecule has 1 aliphatic carbocycles. The lowest BCUT2D eigenvalue weighted by Crippen LogP contribution is -2.51. The highest BCUT2D eigenvalue weighted by Crippen LogP contribution is 2.51. The van der Waals surface area contributed by atoms with Crippen molar-refractivity contribution in [3.05, 3.63) is 35.9 Å². The van der Waals surface area contributed by atoms with Gasteiger partial charge in [-0.15, -0.1) is 0 Å². The molecule has 6 heteroatoms. The van der Waals surface area contributed by atoms with Crippen molar-refractivity contribution in [2.45, 2.75) is 38.1 Å². The van der Waals surface area contributed by atoms with Crippen molar-refractivity contribution in [2.24, 2.45) is 11.3 Å². The average Bonchev–Trinajstić information content (AvgIpc) is 2.65. The SMILES string of the molecule is COC(=O)NC(Cc1ccccc1)C(=O)NCC1CC2(CCOCC2)C1. The van der Waals surface area contributed by atoms with E-state index in [2.05, 4.69) is 15.4 Å². The Morgan fingerprint density at radius 1 is 1.23 bits per heavy atom. The van der Waals surface area contributed by atoms with Gasteiger partial charge in [-0.3, -0.25) is 4.79 Å². The smallest absolute Gasteiger partial charge is 0.407 e. The number of hydrogen-bond donors (Lipinski definition) is 2. The zero-order valence-electron chi connectivity index (χ0n) is 15.3. The van der Waals surface area contributed by atoms with Crippen LogP contribution in [-0.2, 0) is 20.7 Å². The number of carbonyl (C=O) groups excluding carboxylic acids is 2. The summed E-state index contributed by atoms with van der Waals surface area (Å²) in [6.45, 7) is 2.39. The topological polar surface area (TPSA) is 76.7 Å². The van der Waals surface area contributed by atoms with Crippen LogP contribution in [0.15, 0.2) is 30.3 Å². The minimum absolute atomic E-state index is 0.160. The van der Waals surface area contributed by atoms with E-state index in [1.54, 1.807) is 0 Å². The highest BCUT2D eigenvalue weighted by Gasteiger charge is 2.44. The molecular weight excluding hydrogens is 332 g/mol. The highest BCUT2D eigenvalue weighted by molar-refractivity contribution is 5.85. The first kappa shape index (κ1) is 18.7. The Bertz CT molecular complexity index is 605. The maximum atomic E-state index is 12.6. The average molecular weight is 360 g/mol. The number of amides is 2. The van der Waals surface area contributed by atoms with Crippen molar-refractivity contribution in [1.82, 2.24) is 10.6 Å². The van der Waals surface area contributed by atoms with Crippen LogP contribution in [0.25, 0.3) is 0 Å². The van der Waals surface area contributed by atoms with Gasteiger partial charge in [0.1, 0.15) is 6.04 Å². The van der Waals surface area contributed by atoms with Gasteiger partial charge < -0.3 is 20.1 Å². The number of carbonyl (C=O) groups is 2. The summed E-state index contributed by atoms with van der Waals surface area (Å²) < 4.78 is 10.1. The molecule has 2 amide bonds. The summed E-state index contributed by atoms with van der Waals surface area (Å²) in [6, 6.07) is 9.02. The molecule has 1 saturated heterocycles. The fourth-order valence-electron chi connectivity index (χ4n) is 4.15. The van der Waals surface area contributed by atoms with Crippen molar-refractivity contribution >= 4 is 12.0 Å². The molecule has 0 bridgehead atoms. The number of methoxy groups -OCH3 is 1. The Balaban J connectivity index is 1.49. The maximum Gasteiger partial charge on any atom is 0.407 e. The molecule has 0 radical (unpaired) electrons. The van der Waals surface area contributed by atoms with Crippen LogP contribution in [0, 0.1) is 11.3 Å². The predicted molar refractivity (Wildman–Crippen MR) is 97.7 cm³/mol. The number of alkyl carbamates (subject to hydrolysis) is 1. The number of ether oxygens (including phenoxy) is 2. The quantitative estimate of drug-likeness (QED) is 0.816. The third-order valence-corrected chi connectivity index (χ3v) is 5.64. The summed E-state index contributed by atoms with van der Waals surface area (Å²) in [6.07, 6.45) is 4.43. The van der Waals surface area contributed by atoms with E-state index >= 15 is 0 Å². The van der Waals surface area contributed by atoms with Gasteiger partial charge in [0.05, 0.1) is 7.11 Å². The molecule has 1 aromatic rings.